The molecular formula is C22H26N4O2S. The maximum absolute atomic E-state index is 12.7. The number of benzene rings is 1. The fourth-order valence-corrected chi connectivity index (χ4v) is 4.46. The van der Waals surface area contributed by atoms with Crippen molar-refractivity contribution in [3.05, 3.63) is 41.2 Å². The van der Waals surface area contributed by atoms with Gasteiger partial charge in [0.15, 0.2) is 5.11 Å². The van der Waals surface area contributed by atoms with Crippen LogP contribution in [-0.2, 0) is 22.6 Å². The van der Waals surface area contributed by atoms with E-state index in [0.717, 1.165) is 35.7 Å². The molecule has 29 heavy (non-hydrogen) atoms. The molecule has 0 unspecified atom stereocenters. The van der Waals surface area contributed by atoms with Gasteiger partial charge in [0, 0.05) is 30.2 Å². The first-order chi connectivity index (χ1) is 14.0. The minimum absolute atomic E-state index is 0.0369. The third-order valence-corrected chi connectivity index (χ3v) is 6.18. The lowest BCUT2D eigenvalue weighted by molar-refractivity contribution is -0.122. The summed E-state index contributed by atoms with van der Waals surface area (Å²) in [6.45, 7) is 2.38. The van der Waals surface area contributed by atoms with Crippen molar-refractivity contribution in [2.24, 2.45) is 0 Å². The molecular weight excluding hydrogens is 384 g/mol. The standard InChI is InChI=1S/C22H26N4O2S/c1-3-14-7-6-10-17-15(11-18-21(28)25(2)22(29)24-18)12-26(20(14)17)13-19(27)23-16-8-4-5-9-16/h6-7,10-12,16H,3-5,8-9,13H2,1-2H3,(H,23,27)(H,24,29)/b18-11-. The number of nitrogens with zero attached hydrogens (tertiary/aromatic N) is 2. The van der Waals surface area contributed by atoms with Gasteiger partial charge in [0.05, 0.1) is 5.52 Å². The summed E-state index contributed by atoms with van der Waals surface area (Å²) in [5.41, 5.74) is 3.58. The van der Waals surface area contributed by atoms with E-state index in [2.05, 4.69) is 23.6 Å². The normalized spacial score (nSPS) is 18.8. The summed E-state index contributed by atoms with van der Waals surface area (Å²) in [4.78, 5) is 26.5. The monoisotopic (exact) mass is 410 g/mol. The molecule has 2 fully saturated rings. The van der Waals surface area contributed by atoms with Crippen molar-refractivity contribution in [1.29, 1.82) is 0 Å². The number of likely N-dealkylation sites (N-methyl/N-ethyl adjacent to an activating group) is 1. The molecule has 4 rings (SSSR count). The van der Waals surface area contributed by atoms with Gasteiger partial charge in [-0.25, -0.2) is 0 Å². The van der Waals surface area contributed by atoms with Crippen LogP contribution < -0.4 is 10.6 Å². The Labute approximate surface area is 175 Å². The smallest absolute Gasteiger partial charge is 0.276 e. The largest absolute Gasteiger partial charge is 0.352 e. The highest BCUT2D eigenvalue weighted by Gasteiger charge is 2.27. The summed E-state index contributed by atoms with van der Waals surface area (Å²) >= 11 is 5.17. The molecule has 2 amide bonds. The second kappa shape index (κ2) is 7.99. The average molecular weight is 411 g/mol. The van der Waals surface area contributed by atoms with Crippen molar-refractivity contribution in [2.75, 3.05) is 7.05 Å². The summed E-state index contributed by atoms with van der Waals surface area (Å²) in [5.74, 6) is -0.114. The Balaban J connectivity index is 1.70. The number of amides is 2. The lowest BCUT2D eigenvalue weighted by Crippen LogP contribution is -2.35. The third kappa shape index (κ3) is 3.79. The van der Waals surface area contributed by atoms with Crippen LogP contribution in [-0.4, -0.2) is 39.5 Å². The van der Waals surface area contributed by atoms with E-state index < -0.39 is 0 Å². The number of carbonyl (C=O) groups is 2. The zero-order valence-corrected chi connectivity index (χ0v) is 17.6. The highest BCUT2D eigenvalue weighted by atomic mass is 32.1. The Bertz CT molecular complexity index is 1020. The Morgan fingerprint density at radius 1 is 1.34 bits per heavy atom. The zero-order valence-electron chi connectivity index (χ0n) is 16.8. The first-order valence-corrected chi connectivity index (χ1v) is 10.6. The first-order valence-electron chi connectivity index (χ1n) is 10.2. The molecule has 1 aromatic heterocycles. The van der Waals surface area contributed by atoms with Crippen molar-refractivity contribution in [1.82, 2.24) is 20.1 Å². The highest BCUT2D eigenvalue weighted by Crippen LogP contribution is 2.28. The number of carbonyl (C=O) groups excluding carboxylic acids is 2. The lowest BCUT2D eigenvalue weighted by Gasteiger charge is -2.13. The van der Waals surface area contributed by atoms with Crippen LogP contribution in [0.25, 0.3) is 17.0 Å². The second-order valence-corrected chi connectivity index (χ2v) is 8.17. The van der Waals surface area contributed by atoms with Gasteiger partial charge in [-0.2, -0.15) is 0 Å². The van der Waals surface area contributed by atoms with Crippen molar-refractivity contribution < 1.29 is 9.59 Å². The number of fused-ring (bicyclic) bond motifs is 1. The van der Waals surface area contributed by atoms with Gasteiger partial charge in [-0.1, -0.05) is 38.0 Å². The number of nitrogens with one attached hydrogen (secondary N) is 2. The first kappa shape index (κ1) is 19.6. The fourth-order valence-electron chi connectivity index (χ4n) is 4.27. The van der Waals surface area contributed by atoms with Gasteiger partial charge >= 0.3 is 0 Å². The molecule has 1 aliphatic carbocycles. The van der Waals surface area contributed by atoms with Gasteiger partial charge in [-0.3, -0.25) is 14.5 Å². The zero-order chi connectivity index (χ0) is 20.5. The lowest BCUT2D eigenvalue weighted by atomic mass is 10.1. The fraction of sp³-hybridized carbons (Fsp3) is 0.409. The van der Waals surface area contributed by atoms with E-state index in [1.165, 1.54) is 23.3 Å². The summed E-state index contributed by atoms with van der Waals surface area (Å²) in [5, 5.41) is 7.57. The van der Waals surface area contributed by atoms with Gasteiger partial charge < -0.3 is 15.2 Å². The number of aryl methyl sites for hydroxylation is 1. The molecule has 152 valence electrons. The minimum Gasteiger partial charge on any atom is -0.352 e. The summed E-state index contributed by atoms with van der Waals surface area (Å²) in [6, 6.07) is 6.45. The minimum atomic E-state index is -0.151. The van der Waals surface area contributed by atoms with Crippen LogP contribution in [0.5, 0.6) is 0 Å². The topological polar surface area (TPSA) is 66.4 Å². The molecule has 1 aliphatic heterocycles. The van der Waals surface area contributed by atoms with Gasteiger partial charge in [0.25, 0.3) is 5.91 Å². The van der Waals surface area contributed by atoms with E-state index >= 15 is 0 Å². The maximum atomic E-state index is 12.7. The van der Waals surface area contributed by atoms with Crippen LogP contribution >= 0.6 is 12.2 Å². The van der Waals surface area contributed by atoms with Gasteiger partial charge in [0.1, 0.15) is 12.2 Å². The number of rotatable bonds is 5. The molecule has 1 saturated carbocycles. The molecule has 2 aromatic rings. The molecule has 0 bridgehead atoms. The Morgan fingerprint density at radius 2 is 2.10 bits per heavy atom. The average Bonchev–Trinajstić information content (AvgIpc) is 3.39. The third-order valence-electron chi connectivity index (χ3n) is 5.81. The number of hydrogen-bond donors (Lipinski definition) is 2. The summed E-state index contributed by atoms with van der Waals surface area (Å²) < 4.78 is 2.01. The quantitative estimate of drug-likeness (QED) is 0.588. The van der Waals surface area contributed by atoms with Crippen LogP contribution in [0.15, 0.2) is 30.1 Å². The molecule has 2 aliphatic rings. The molecule has 0 radical (unpaired) electrons. The van der Waals surface area contributed by atoms with Crippen molar-refractivity contribution >= 4 is 46.1 Å². The summed E-state index contributed by atoms with van der Waals surface area (Å²) in [6.07, 6.45) is 9.16. The van der Waals surface area contributed by atoms with Crippen molar-refractivity contribution in [3.63, 3.8) is 0 Å². The van der Waals surface area contributed by atoms with Crippen LogP contribution in [0.1, 0.15) is 43.7 Å². The Hall–Kier alpha value is -2.67. The van der Waals surface area contributed by atoms with Crippen LogP contribution in [0.2, 0.25) is 0 Å². The number of para-hydroxylation sites is 1. The predicted molar refractivity (Wildman–Crippen MR) is 118 cm³/mol. The second-order valence-electron chi connectivity index (χ2n) is 7.78. The Morgan fingerprint density at radius 3 is 2.76 bits per heavy atom. The van der Waals surface area contributed by atoms with E-state index in [9.17, 15) is 9.59 Å². The highest BCUT2D eigenvalue weighted by molar-refractivity contribution is 7.80. The number of aromatic nitrogens is 1. The molecule has 2 N–H and O–H groups in total. The van der Waals surface area contributed by atoms with E-state index in [1.807, 2.05) is 29.0 Å². The predicted octanol–water partition coefficient (Wildman–Crippen LogP) is 2.95. The van der Waals surface area contributed by atoms with Crippen molar-refractivity contribution in [2.45, 2.75) is 51.6 Å². The molecule has 1 saturated heterocycles. The molecule has 2 heterocycles. The van der Waals surface area contributed by atoms with E-state index in [4.69, 9.17) is 12.2 Å². The molecule has 6 nitrogen and oxygen atoms in total. The Kier molecular flexibility index (Phi) is 5.41. The van der Waals surface area contributed by atoms with E-state index in [1.54, 1.807) is 7.05 Å². The van der Waals surface area contributed by atoms with E-state index in [0.29, 0.717) is 16.9 Å². The molecule has 0 spiro atoms. The van der Waals surface area contributed by atoms with E-state index in [-0.39, 0.29) is 18.4 Å². The maximum Gasteiger partial charge on any atom is 0.276 e. The number of hydrogen-bond acceptors (Lipinski definition) is 3. The number of thiocarbonyl (C=S) groups is 1. The van der Waals surface area contributed by atoms with Crippen LogP contribution in [0.3, 0.4) is 0 Å². The van der Waals surface area contributed by atoms with Crippen LogP contribution in [0.4, 0.5) is 0 Å². The molecule has 7 heteroatoms. The molecule has 0 atom stereocenters. The SMILES string of the molecule is CCc1cccc2c(/C=C3\NC(=S)N(C)C3=O)cn(CC(=O)NC3CCCC3)c12. The molecule has 1 aromatic carbocycles. The van der Waals surface area contributed by atoms with Gasteiger partial charge in [-0.15, -0.1) is 0 Å². The van der Waals surface area contributed by atoms with Crippen molar-refractivity contribution in [3.8, 4) is 0 Å². The van der Waals surface area contributed by atoms with Gasteiger partial charge in [0.2, 0.25) is 5.91 Å². The van der Waals surface area contributed by atoms with Gasteiger partial charge in [-0.05, 0) is 43.1 Å². The summed E-state index contributed by atoms with van der Waals surface area (Å²) in [7, 11) is 1.66. The van der Waals surface area contributed by atoms with Crippen LogP contribution in [0, 0.1) is 0 Å².